The van der Waals surface area contributed by atoms with Crippen LogP contribution < -0.4 is 0 Å². The Morgan fingerprint density at radius 2 is 1.16 bits per heavy atom. The number of carbonyl (C=O) groups is 5. The second kappa shape index (κ2) is 6.81. The van der Waals surface area contributed by atoms with Crippen molar-refractivity contribution in [2.24, 2.45) is 0 Å². The van der Waals surface area contributed by atoms with E-state index in [0.717, 1.165) is 0 Å². The molecule has 4 atom stereocenters. The summed E-state index contributed by atoms with van der Waals surface area (Å²) in [7, 11) is 0. The Kier molecular flexibility index (Phi) is 6.30. The van der Waals surface area contributed by atoms with Crippen molar-refractivity contribution >= 4 is 28.9 Å². The van der Waals surface area contributed by atoms with Crippen LogP contribution in [0.4, 0.5) is 0 Å². The number of carbonyl (C=O) groups excluding carboxylic acids is 5. The van der Waals surface area contributed by atoms with Crippen LogP contribution in [0.1, 0.15) is 34.6 Å². The van der Waals surface area contributed by atoms with Gasteiger partial charge in [-0.3, -0.25) is 24.0 Å². The number of rotatable bonds is 9. The molecule has 0 aliphatic heterocycles. The van der Waals surface area contributed by atoms with Gasteiger partial charge in [-0.15, -0.1) is 0 Å². The quantitative estimate of drug-likeness (QED) is 0.207. The molecule has 0 aliphatic carbocycles. The third-order valence-electron chi connectivity index (χ3n) is 4.51. The average molecular weight is 362 g/mol. The predicted molar refractivity (Wildman–Crippen MR) is 80.3 cm³/mol. The summed E-state index contributed by atoms with van der Waals surface area (Å²) in [6.07, 6.45) is 0. The molecule has 0 bridgehead atoms. The van der Waals surface area contributed by atoms with Gasteiger partial charge in [0.1, 0.15) is 5.60 Å². The summed E-state index contributed by atoms with van der Waals surface area (Å²) >= 11 is 0. The van der Waals surface area contributed by atoms with E-state index in [1.165, 1.54) is 0 Å². The van der Waals surface area contributed by atoms with E-state index in [0.29, 0.717) is 34.6 Å². The Bertz CT molecular complexity index is 636. The summed E-state index contributed by atoms with van der Waals surface area (Å²) in [6, 6.07) is 0. The van der Waals surface area contributed by atoms with Crippen LogP contribution in [-0.2, 0) is 24.0 Å². The highest BCUT2D eigenvalue weighted by atomic mass is 16.4. The first-order chi connectivity index (χ1) is 11.0. The number of ketones is 5. The van der Waals surface area contributed by atoms with E-state index in [4.69, 9.17) is 0 Å². The Labute approximate surface area is 143 Å². The van der Waals surface area contributed by atoms with Crippen LogP contribution in [0.25, 0.3) is 0 Å². The molecule has 25 heavy (non-hydrogen) atoms. The van der Waals surface area contributed by atoms with E-state index in [1.54, 1.807) is 0 Å². The fourth-order valence-electron chi connectivity index (χ4n) is 2.69. The molecule has 0 aromatic heterocycles. The fraction of sp³-hybridized carbons (Fsp3) is 0.667. The zero-order chi connectivity index (χ0) is 20.6. The van der Waals surface area contributed by atoms with Crippen molar-refractivity contribution in [1.29, 1.82) is 0 Å². The lowest BCUT2D eigenvalue weighted by atomic mass is 9.59. The molecular formula is C15H22O10. The van der Waals surface area contributed by atoms with E-state index in [1.807, 2.05) is 0 Å². The van der Waals surface area contributed by atoms with Crippen molar-refractivity contribution in [3.05, 3.63) is 0 Å². The Balaban J connectivity index is 7.14. The number of hydrogen-bond acceptors (Lipinski definition) is 10. The molecule has 10 heteroatoms. The molecular weight excluding hydrogens is 340 g/mol. The summed E-state index contributed by atoms with van der Waals surface area (Å²) in [5, 5.41) is 51.6. The van der Waals surface area contributed by atoms with Gasteiger partial charge in [-0.25, -0.2) is 0 Å². The minimum atomic E-state index is -3.84. The van der Waals surface area contributed by atoms with Crippen LogP contribution in [0.15, 0.2) is 0 Å². The molecule has 0 aliphatic rings. The largest absolute Gasteiger partial charge is 0.393 e. The topological polar surface area (TPSA) is 186 Å². The van der Waals surface area contributed by atoms with Gasteiger partial charge in [0, 0.05) is 6.92 Å². The molecule has 0 unspecified atom stereocenters. The minimum Gasteiger partial charge on any atom is -0.393 e. The molecule has 0 rings (SSSR count). The van der Waals surface area contributed by atoms with Crippen molar-refractivity contribution in [3.8, 4) is 0 Å². The van der Waals surface area contributed by atoms with Gasteiger partial charge in [0.05, 0.1) is 6.61 Å². The SMILES string of the molecule is CC(=O)C(=O)[C@@](O)(C(C)=O)[C@](O)(C(C)=O)[C@](C)(O)[C@](O)(CO)C(C)=O. The molecule has 10 nitrogen and oxygen atoms in total. The number of aliphatic hydroxyl groups is 5. The lowest BCUT2D eigenvalue weighted by Gasteiger charge is -2.52. The standard InChI is InChI=1S/C15H22O10/c1-7(17)11(21)14(24,9(3)19)15(25,10(4)20)12(5,22)13(23,6-16)8(2)18/h16,22-25H,6H2,1-5H3/t12-,13+,14+,15+/m1/s1. The van der Waals surface area contributed by atoms with Gasteiger partial charge in [0.25, 0.3) is 0 Å². The number of hydrogen-bond donors (Lipinski definition) is 5. The van der Waals surface area contributed by atoms with Crippen LogP contribution >= 0.6 is 0 Å². The van der Waals surface area contributed by atoms with Gasteiger partial charge < -0.3 is 25.5 Å². The molecule has 0 spiro atoms. The summed E-state index contributed by atoms with van der Waals surface area (Å²) in [6.45, 7) is 1.35. The second-order valence-corrected chi connectivity index (χ2v) is 6.07. The first-order valence-corrected chi connectivity index (χ1v) is 7.08. The Hall–Kier alpha value is -1.85. The third-order valence-corrected chi connectivity index (χ3v) is 4.51. The summed E-state index contributed by atoms with van der Waals surface area (Å²) < 4.78 is 0. The smallest absolute Gasteiger partial charge is 0.240 e. The zero-order valence-electron chi connectivity index (χ0n) is 14.5. The lowest BCUT2D eigenvalue weighted by Crippen LogP contribution is -2.82. The lowest BCUT2D eigenvalue weighted by molar-refractivity contribution is -0.268. The highest BCUT2D eigenvalue weighted by Crippen LogP contribution is 2.42. The van der Waals surface area contributed by atoms with Crippen LogP contribution in [0.3, 0.4) is 0 Å². The molecule has 0 fully saturated rings. The first-order valence-electron chi connectivity index (χ1n) is 7.08. The van der Waals surface area contributed by atoms with Gasteiger partial charge in [0.15, 0.2) is 34.3 Å². The van der Waals surface area contributed by atoms with Gasteiger partial charge in [0.2, 0.25) is 11.4 Å². The summed E-state index contributed by atoms with van der Waals surface area (Å²) in [5.41, 5.74) is -14.4. The van der Waals surface area contributed by atoms with E-state index >= 15 is 0 Å². The Morgan fingerprint density at radius 1 is 0.760 bits per heavy atom. The van der Waals surface area contributed by atoms with Crippen LogP contribution in [0.2, 0.25) is 0 Å². The van der Waals surface area contributed by atoms with Crippen molar-refractivity contribution in [3.63, 3.8) is 0 Å². The number of aliphatic hydroxyl groups excluding tert-OH is 1. The van der Waals surface area contributed by atoms with Crippen LogP contribution in [0, 0.1) is 0 Å². The summed E-state index contributed by atoms with van der Waals surface area (Å²) in [4.78, 5) is 59.2. The summed E-state index contributed by atoms with van der Waals surface area (Å²) in [5.74, 6) is -7.95. The molecule has 0 aromatic rings. The van der Waals surface area contributed by atoms with Crippen molar-refractivity contribution in [1.82, 2.24) is 0 Å². The van der Waals surface area contributed by atoms with E-state index < -0.39 is 57.9 Å². The van der Waals surface area contributed by atoms with Crippen LogP contribution in [-0.4, -0.2) is 83.5 Å². The first kappa shape index (κ1) is 23.1. The van der Waals surface area contributed by atoms with E-state index in [2.05, 4.69) is 0 Å². The van der Waals surface area contributed by atoms with Crippen LogP contribution in [0.5, 0.6) is 0 Å². The monoisotopic (exact) mass is 362 g/mol. The van der Waals surface area contributed by atoms with Crippen molar-refractivity contribution in [2.45, 2.75) is 57.0 Å². The van der Waals surface area contributed by atoms with Gasteiger partial charge in [-0.05, 0) is 27.7 Å². The fourth-order valence-corrected chi connectivity index (χ4v) is 2.69. The van der Waals surface area contributed by atoms with E-state index in [9.17, 15) is 49.5 Å². The zero-order valence-corrected chi connectivity index (χ0v) is 14.5. The normalized spacial score (nSPS) is 21.0. The van der Waals surface area contributed by atoms with Gasteiger partial charge in [-0.2, -0.15) is 0 Å². The molecule has 0 saturated heterocycles. The van der Waals surface area contributed by atoms with Crippen molar-refractivity contribution < 1.29 is 49.5 Å². The van der Waals surface area contributed by atoms with E-state index in [-0.39, 0.29) is 0 Å². The molecule has 0 heterocycles. The molecule has 142 valence electrons. The maximum Gasteiger partial charge on any atom is 0.240 e. The number of Topliss-reactive ketones (excluding diaryl/α,β-unsaturated/α-hetero) is 5. The molecule has 0 radical (unpaired) electrons. The van der Waals surface area contributed by atoms with Gasteiger partial charge in [-0.1, -0.05) is 0 Å². The minimum absolute atomic E-state index is 0.466. The molecule has 5 N–H and O–H groups in total. The van der Waals surface area contributed by atoms with Crippen molar-refractivity contribution in [2.75, 3.05) is 6.61 Å². The highest BCUT2D eigenvalue weighted by molar-refractivity contribution is 6.45. The Morgan fingerprint density at radius 3 is 1.36 bits per heavy atom. The average Bonchev–Trinajstić information content (AvgIpc) is 2.49. The van der Waals surface area contributed by atoms with Gasteiger partial charge >= 0.3 is 0 Å². The maximum absolute atomic E-state index is 12.1. The maximum atomic E-state index is 12.1. The molecule has 0 amide bonds. The second-order valence-electron chi connectivity index (χ2n) is 6.07. The molecule has 0 saturated carbocycles. The molecule has 0 aromatic carbocycles. The highest BCUT2D eigenvalue weighted by Gasteiger charge is 2.75. The predicted octanol–water partition coefficient (Wildman–Crippen LogP) is -3.15. The third kappa shape index (κ3) is 2.85.